The lowest BCUT2D eigenvalue weighted by atomic mass is 9.81. The third-order valence-electron chi connectivity index (χ3n) is 3.01. The van der Waals surface area contributed by atoms with E-state index in [0.29, 0.717) is 12.0 Å². The van der Waals surface area contributed by atoms with E-state index in [9.17, 15) is 4.79 Å². The van der Waals surface area contributed by atoms with E-state index in [4.69, 9.17) is 0 Å². The molecule has 2 nitrogen and oxygen atoms in total. The van der Waals surface area contributed by atoms with E-state index in [0.717, 1.165) is 6.42 Å². The summed E-state index contributed by atoms with van der Waals surface area (Å²) in [5.41, 5.74) is 0. The van der Waals surface area contributed by atoms with Crippen LogP contribution in [0.25, 0.3) is 0 Å². The fraction of sp³-hybridized carbons (Fsp3) is 0.900. The van der Waals surface area contributed by atoms with Gasteiger partial charge in [0, 0.05) is 12.0 Å². The molecule has 0 bridgehead atoms. The van der Waals surface area contributed by atoms with Crippen LogP contribution in [-0.2, 0) is 4.79 Å². The number of amides is 1. The maximum Gasteiger partial charge on any atom is 0.223 e. The number of rotatable bonds is 3. The first kappa shape index (κ1) is 9.56. The Morgan fingerprint density at radius 3 is 2.58 bits per heavy atom. The molecule has 0 radical (unpaired) electrons. The average Bonchev–Trinajstić information content (AvgIpc) is 2.09. The normalized spacial score (nSPS) is 30.6. The largest absolute Gasteiger partial charge is 0.353 e. The summed E-state index contributed by atoms with van der Waals surface area (Å²) in [7, 11) is 0. The molecule has 1 fully saturated rings. The molecule has 0 heterocycles. The van der Waals surface area contributed by atoms with Gasteiger partial charge in [0.2, 0.25) is 5.91 Å². The van der Waals surface area contributed by atoms with Crippen molar-refractivity contribution in [3.8, 4) is 0 Å². The second-order valence-electron chi connectivity index (χ2n) is 3.98. The summed E-state index contributed by atoms with van der Waals surface area (Å²) < 4.78 is 0. The first-order valence-electron chi connectivity index (χ1n) is 4.95. The minimum atomic E-state index is 0.179. The van der Waals surface area contributed by atoms with Crippen LogP contribution in [0.15, 0.2) is 0 Å². The molecular weight excluding hydrogens is 150 g/mol. The Morgan fingerprint density at radius 2 is 2.25 bits per heavy atom. The van der Waals surface area contributed by atoms with Crippen molar-refractivity contribution in [2.24, 2.45) is 11.8 Å². The Balaban J connectivity index is 2.26. The van der Waals surface area contributed by atoms with Crippen molar-refractivity contribution in [1.82, 2.24) is 5.32 Å². The van der Waals surface area contributed by atoms with Gasteiger partial charge in [0.1, 0.15) is 0 Å². The van der Waals surface area contributed by atoms with Crippen LogP contribution in [0.2, 0.25) is 0 Å². The molecule has 1 rings (SSSR count). The molecule has 0 aromatic heterocycles. The predicted octanol–water partition coefficient (Wildman–Crippen LogP) is 1.95. The van der Waals surface area contributed by atoms with Crippen LogP contribution < -0.4 is 5.32 Å². The van der Waals surface area contributed by atoms with Crippen LogP contribution in [0, 0.1) is 11.8 Å². The van der Waals surface area contributed by atoms with Gasteiger partial charge in [0.15, 0.2) is 0 Å². The second-order valence-corrected chi connectivity index (χ2v) is 3.98. The van der Waals surface area contributed by atoms with Crippen LogP contribution in [0.1, 0.15) is 40.0 Å². The molecule has 2 heteroatoms. The maximum absolute atomic E-state index is 11.4. The molecule has 12 heavy (non-hydrogen) atoms. The predicted molar refractivity (Wildman–Crippen MR) is 49.8 cm³/mol. The molecule has 0 aliphatic heterocycles. The van der Waals surface area contributed by atoms with Gasteiger partial charge >= 0.3 is 0 Å². The molecule has 1 amide bonds. The lowest BCUT2D eigenvalue weighted by molar-refractivity contribution is -0.126. The summed E-state index contributed by atoms with van der Waals surface area (Å²) in [6.45, 7) is 6.23. The van der Waals surface area contributed by atoms with Crippen molar-refractivity contribution < 1.29 is 4.79 Å². The molecule has 3 atom stereocenters. The quantitative estimate of drug-likeness (QED) is 0.687. The van der Waals surface area contributed by atoms with E-state index in [2.05, 4.69) is 19.2 Å². The molecule has 3 unspecified atom stereocenters. The van der Waals surface area contributed by atoms with Crippen molar-refractivity contribution in [1.29, 1.82) is 0 Å². The summed E-state index contributed by atoms with van der Waals surface area (Å²) in [5, 5.41) is 3.08. The highest BCUT2D eigenvalue weighted by Crippen LogP contribution is 2.26. The van der Waals surface area contributed by atoms with Crippen LogP contribution in [0.3, 0.4) is 0 Å². The molecule has 70 valence electrons. The lowest BCUT2D eigenvalue weighted by Crippen LogP contribution is -2.47. The Labute approximate surface area is 74.7 Å². The fourth-order valence-electron chi connectivity index (χ4n) is 1.39. The van der Waals surface area contributed by atoms with E-state index >= 15 is 0 Å². The fourth-order valence-corrected chi connectivity index (χ4v) is 1.39. The third kappa shape index (κ3) is 1.99. The van der Waals surface area contributed by atoms with Crippen LogP contribution in [0.5, 0.6) is 0 Å². The summed E-state index contributed by atoms with van der Waals surface area (Å²) in [4.78, 5) is 11.4. The number of hydrogen-bond donors (Lipinski definition) is 1. The number of nitrogens with one attached hydrogen (secondary N) is 1. The molecule has 1 aliphatic rings. The lowest BCUT2D eigenvalue weighted by Gasteiger charge is -2.35. The first-order valence-corrected chi connectivity index (χ1v) is 4.95. The molecule has 0 aromatic rings. The van der Waals surface area contributed by atoms with Gasteiger partial charge in [-0.15, -0.1) is 0 Å². The van der Waals surface area contributed by atoms with E-state index in [-0.39, 0.29) is 11.8 Å². The highest BCUT2D eigenvalue weighted by atomic mass is 16.1. The topological polar surface area (TPSA) is 29.1 Å². The SMILES string of the molecule is CCC(C)C(=O)NC1CCC1C. The Morgan fingerprint density at radius 1 is 1.58 bits per heavy atom. The summed E-state index contributed by atoms with van der Waals surface area (Å²) >= 11 is 0. The maximum atomic E-state index is 11.4. The Kier molecular flexibility index (Phi) is 3.12. The highest BCUT2D eigenvalue weighted by molar-refractivity contribution is 5.78. The van der Waals surface area contributed by atoms with Crippen molar-refractivity contribution in [2.45, 2.75) is 46.1 Å². The molecule has 0 saturated heterocycles. The molecule has 0 spiro atoms. The van der Waals surface area contributed by atoms with Gasteiger partial charge in [-0.3, -0.25) is 4.79 Å². The number of carbonyl (C=O) groups excluding carboxylic acids is 1. The Bertz CT molecular complexity index is 167. The smallest absolute Gasteiger partial charge is 0.223 e. The van der Waals surface area contributed by atoms with E-state index in [1.807, 2.05) is 6.92 Å². The average molecular weight is 169 g/mol. The van der Waals surface area contributed by atoms with Gasteiger partial charge in [0.05, 0.1) is 0 Å². The minimum absolute atomic E-state index is 0.179. The van der Waals surface area contributed by atoms with Gasteiger partial charge in [-0.2, -0.15) is 0 Å². The van der Waals surface area contributed by atoms with Gasteiger partial charge < -0.3 is 5.32 Å². The standard InChI is InChI=1S/C10H19NO/c1-4-7(2)10(12)11-9-6-5-8(9)3/h7-9H,4-6H2,1-3H3,(H,11,12). The van der Waals surface area contributed by atoms with Crippen LogP contribution in [0.4, 0.5) is 0 Å². The number of carbonyl (C=O) groups is 1. The Hall–Kier alpha value is -0.530. The van der Waals surface area contributed by atoms with Crippen LogP contribution >= 0.6 is 0 Å². The molecule has 1 N–H and O–H groups in total. The monoisotopic (exact) mass is 169 g/mol. The zero-order valence-electron chi connectivity index (χ0n) is 8.26. The summed E-state index contributed by atoms with van der Waals surface area (Å²) in [6, 6.07) is 0.464. The second kappa shape index (κ2) is 3.92. The summed E-state index contributed by atoms with van der Waals surface area (Å²) in [5.74, 6) is 1.10. The van der Waals surface area contributed by atoms with Gasteiger partial charge in [-0.25, -0.2) is 0 Å². The molecule has 1 aliphatic carbocycles. The van der Waals surface area contributed by atoms with Crippen molar-refractivity contribution in [3.63, 3.8) is 0 Å². The van der Waals surface area contributed by atoms with Crippen molar-refractivity contribution >= 4 is 5.91 Å². The van der Waals surface area contributed by atoms with Crippen molar-refractivity contribution in [2.75, 3.05) is 0 Å². The van der Waals surface area contributed by atoms with Crippen molar-refractivity contribution in [3.05, 3.63) is 0 Å². The van der Waals surface area contributed by atoms with E-state index < -0.39 is 0 Å². The van der Waals surface area contributed by atoms with Gasteiger partial charge in [-0.05, 0) is 25.2 Å². The number of hydrogen-bond acceptors (Lipinski definition) is 1. The van der Waals surface area contributed by atoms with Gasteiger partial charge in [0.25, 0.3) is 0 Å². The first-order chi connectivity index (χ1) is 5.65. The third-order valence-corrected chi connectivity index (χ3v) is 3.01. The zero-order valence-corrected chi connectivity index (χ0v) is 8.26. The van der Waals surface area contributed by atoms with E-state index in [1.165, 1.54) is 12.8 Å². The molecule has 0 aromatic carbocycles. The van der Waals surface area contributed by atoms with Gasteiger partial charge in [-0.1, -0.05) is 20.8 Å². The molecular formula is C10H19NO. The van der Waals surface area contributed by atoms with E-state index in [1.54, 1.807) is 0 Å². The summed E-state index contributed by atoms with van der Waals surface area (Å²) in [6.07, 6.45) is 3.38. The minimum Gasteiger partial charge on any atom is -0.353 e. The van der Waals surface area contributed by atoms with Crippen LogP contribution in [-0.4, -0.2) is 11.9 Å². The highest BCUT2D eigenvalue weighted by Gasteiger charge is 2.28. The molecule has 1 saturated carbocycles. The zero-order chi connectivity index (χ0) is 9.14.